The molecule has 3 aromatic carbocycles. The average molecular weight is 455 g/mol. The van der Waals surface area contributed by atoms with Crippen LogP contribution >= 0.6 is 11.6 Å². The third kappa shape index (κ3) is 4.75. The van der Waals surface area contributed by atoms with E-state index in [0.717, 1.165) is 24.1 Å². The molecule has 0 bridgehead atoms. The van der Waals surface area contributed by atoms with E-state index in [4.69, 9.17) is 11.6 Å². The van der Waals surface area contributed by atoms with Crippen LogP contribution in [0.5, 0.6) is 0 Å². The van der Waals surface area contributed by atoms with Crippen molar-refractivity contribution in [3.63, 3.8) is 0 Å². The van der Waals surface area contributed by atoms with Crippen molar-refractivity contribution in [3.8, 4) is 0 Å². The molecule has 1 aliphatic heterocycles. The highest BCUT2D eigenvalue weighted by atomic mass is 35.5. The normalized spacial score (nSPS) is 13.5. The predicted molar refractivity (Wildman–Crippen MR) is 125 cm³/mol. The smallest absolute Gasteiger partial charge is 0.258 e. The molecule has 1 amide bonds. The number of amides is 1. The van der Waals surface area contributed by atoms with Gasteiger partial charge in [0.2, 0.25) is 10.0 Å². The molecule has 7 heteroatoms. The fourth-order valence-corrected chi connectivity index (χ4v) is 4.91. The quantitative estimate of drug-likeness (QED) is 0.551. The number of rotatable bonds is 5. The lowest BCUT2D eigenvalue weighted by Gasteiger charge is -2.29. The van der Waals surface area contributed by atoms with E-state index in [-0.39, 0.29) is 12.5 Å². The highest BCUT2D eigenvalue weighted by molar-refractivity contribution is 7.92. The number of fused-ring (bicyclic) bond motifs is 1. The number of sulfonamides is 1. The van der Waals surface area contributed by atoms with Gasteiger partial charge in [0, 0.05) is 22.8 Å². The predicted octanol–water partition coefficient (Wildman–Crippen LogP) is 4.90. The van der Waals surface area contributed by atoms with Crippen molar-refractivity contribution >= 4 is 38.9 Å². The summed E-state index contributed by atoms with van der Waals surface area (Å²) < 4.78 is 26.0. The summed E-state index contributed by atoms with van der Waals surface area (Å²) >= 11 is 6.04. The Morgan fingerprint density at radius 2 is 1.77 bits per heavy atom. The molecular weight excluding hydrogens is 432 g/mol. The molecule has 0 saturated carbocycles. The first-order chi connectivity index (χ1) is 14.8. The summed E-state index contributed by atoms with van der Waals surface area (Å²) in [5, 5.41) is 0.467. The first kappa shape index (κ1) is 21.4. The van der Waals surface area contributed by atoms with Crippen LogP contribution in [0.4, 0.5) is 11.4 Å². The van der Waals surface area contributed by atoms with Crippen LogP contribution in [0.15, 0.2) is 72.8 Å². The number of hydrogen-bond donors (Lipinski definition) is 0. The number of carbonyl (C=O) groups excluding carboxylic acids is 1. The van der Waals surface area contributed by atoms with E-state index in [1.807, 2.05) is 23.1 Å². The first-order valence-electron chi connectivity index (χ1n) is 10.0. The molecule has 0 spiro atoms. The van der Waals surface area contributed by atoms with Crippen LogP contribution in [0.25, 0.3) is 0 Å². The lowest BCUT2D eigenvalue weighted by molar-refractivity contribution is 0.0985. The fourth-order valence-electron chi connectivity index (χ4n) is 3.85. The van der Waals surface area contributed by atoms with Gasteiger partial charge >= 0.3 is 0 Å². The van der Waals surface area contributed by atoms with Crippen LogP contribution in [0.2, 0.25) is 5.02 Å². The molecule has 1 heterocycles. The lowest BCUT2D eigenvalue weighted by atomic mass is 10.0. The number of anilines is 2. The molecule has 0 atom stereocenters. The van der Waals surface area contributed by atoms with Gasteiger partial charge in [0.25, 0.3) is 5.91 Å². The SMILES string of the molecule is CS(=O)(=O)N(Cc1ccc(C(=O)N2CCCc3ccccc32)cc1)c1cccc(Cl)c1. The number of nitrogens with zero attached hydrogens (tertiary/aromatic N) is 2. The van der Waals surface area contributed by atoms with Gasteiger partial charge in [0.05, 0.1) is 18.5 Å². The number of para-hydroxylation sites is 1. The summed E-state index contributed by atoms with van der Waals surface area (Å²) in [6.45, 7) is 0.842. The molecule has 0 saturated heterocycles. The molecule has 0 N–H and O–H groups in total. The number of hydrogen-bond acceptors (Lipinski definition) is 3. The second-order valence-electron chi connectivity index (χ2n) is 7.64. The third-order valence-corrected chi connectivity index (χ3v) is 6.75. The minimum atomic E-state index is -3.51. The Hall–Kier alpha value is -2.83. The Balaban J connectivity index is 1.56. The molecule has 0 aromatic heterocycles. The van der Waals surface area contributed by atoms with Crippen molar-refractivity contribution in [1.29, 1.82) is 0 Å². The van der Waals surface area contributed by atoms with Gasteiger partial charge in [-0.2, -0.15) is 0 Å². The van der Waals surface area contributed by atoms with E-state index in [1.54, 1.807) is 48.5 Å². The molecule has 4 rings (SSSR count). The van der Waals surface area contributed by atoms with Crippen LogP contribution in [-0.2, 0) is 23.0 Å². The standard InChI is InChI=1S/C24H23ClN2O3S/c1-31(29,30)27(22-9-4-8-21(25)16-22)17-18-11-13-20(14-12-18)24(28)26-15-5-7-19-6-2-3-10-23(19)26/h2-4,6,8-14,16H,5,7,15,17H2,1H3. The summed E-state index contributed by atoms with van der Waals surface area (Å²) in [7, 11) is -3.51. The van der Waals surface area contributed by atoms with Crippen molar-refractivity contribution < 1.29 is 13.2 Å². The zero-order valence-electron chi connectivity index (χ0n) is 17.2. The second-order valence-corrected chi connectivity index (χ2v) is 9.98. The molecule has 3 aromatic rings. The minimum absolute atomic E-state index is 0.0477. The highest BCUT2D eigenvalue weighted by Gasteiger charge is 2.23. The maximum Gasteiger partial charge on any atom is 0.258 e. The van der Waals surface area contributed by atoms with E-state index < -0.39 is 10.0 Å². The van der Waals surface area contributed by atoms with Crippen LogP contribution in [0.1, 0.15) is 27.9 Å². The third-order valence-electron chi connectivity index (χ3n) is 5.38. The highest BCUT2D eigenvalue weighted by Crippen LogP contribution is 2.28. The fraction of sp³-hybridized carbons (Fsp3) is 0.208. The Morgan fingerprint density at radius 1 is 1.03 bits per heavy atom. The minimum Gasteiger partial charge on any atom is -0.308 e. The molecule has 0 fully saturated rings. The van der Waals surface area contributed by atoms with Crippen LogP contribution < -0.4 is 9.21 Å². The summed E-state index contributed by atoms with van der Waals surface area (Å²) in [4.78, 5) is 14.9. The van der Waals surface area contributed by atoms with Gasteiger partial charge < -0.3 is 4.90 Å². The van der Waals surface area contributed by atoms with E-state index >= 15 is 0 Å². The van der Waals surface area contributed by atoms with Crippen LogP contribution in [-0.4, -0.2) is 27.1 Å². The van der Waals surface area contributed by atoms with Crippen LogP contribution in [0.3, 0.4) is 0 Å². The van der Waals surface area contributed by atoms with E-state index in [9.17, 15) is 13.2 Å². The lowest BCUT2D eigenvalue weighted by Crippen LogP contribution is -2.35. The summed E-state index contributed by atoms with van der Waals surface area (Å²) in [6.07, 6.45) is 3.08. The number of benzene rings is 3. The summed E-state index contributed by atoms with van der Waals surface area (Å²) in [5.74, 6) is -0.0477. The maximum absolute atomic E-state index is 13.1. The van der Waals surface area contributed by atoms with Gasteiger partial charge in [-0.3, -0.25) is 9.10 Å². The van der Waals surface area contributed by atoms with Gasteiger partial charge in [-0.15, -0.1) is 0 Å². The zero-order valence-corrected chi connectivity index (χ0v) is 18.7. The summed E-state index contributed by atoms with van der Waals surface area (Å²) in [6, 6.07) is 21.8. The van der Waals surface area contributed by atoms with Gasteiger partial charge in [-0.1, -0.05) is 48.0 Å². The molecule has 160 valence electrons. The molecule has 31 heavy (non-hydrogen) atoms. The average Bonchev–Trinajstić information content (AvgIpc) is 2.76. The first-order valence-corrected chi connectivity index (χ1v) is 12.3. The summed E-state index contributed by atoms with van der Waals surface area (Å²) in [5.41, 5.74) is 4.01. The number of aryl methyl sites for hydroxylation is 1. The molecular formula is C24H23ClN2O3S. The Labute approximate surface area is 187 Å². The molecule has 1 aliphatic rings. The van der Waals surface area contributed by atoms with Crippen molar-refractivity contribution in [2.45, 2.75) is 19.4 Å². The van der Waals surface area contributed by atoms with Crippen molar-refractivity contribution in [3.05, 3.63) is 94.5 Å². The van der Waals surface area contributed by atoms with Crippen LogP contribution in [0, 0.1) is 0 Å². The monoisotopic (exact) mass is 454 g/mol. The number of halogens is 1. The van der Waals surface area contributed by atoms with E-state index in [2.05, 4.69) is 6.07 Å². The Bertz CT molecular complexity index is 1210. The Morgan fingerprint density at radius 3 is 2.48 bits per heavy atom. The van der Waals surface area contributed by atoms with E-state index in [0.29, 0.717) is 22.8 Å². The number of carbonyl (C=O) groups is 1. The van der Waals surface area contributed by atoms with Crippen molar-refractivity contribution in [2.75, 3.05) is 22.0 Å². The Kier molecular flexibility index (Phi) is 6.03. The zero-order chi connectivity index (χ0) is 22.0. The molecule has 5 nitrogen and oxygen atoms in total. The topological polar surface area (TPSA) is 57.7 Å². The molecule has 0 unspecified atom stereocenters. The second kappa shape index (κ2) is 8.73. The maximum atomic E-state index is 13.1. The largest absolute Gasteiger partial charge is 0.308 e. The van der Waals surface area contributed by atoms with Crippen molar-refractivity contribution in [1.82, 2.24) is 0 Å². The molecule has 0 radical (unpaired) electrons. The van der Waals surface area contributed by atoms with Crippen molar-refractivity contribution in [2.24, 2.45) is 0 Å². The van der Waals surface area contributed by atoms with Gasteiger partial charge in [0.15, 0.2) is 0 Å². The van der Waals surface area contributed by atoms with E-state index in [1.165, 1.54) is 16.1 Å². The van der Waals surface area contributed by atoms with Gasteiger partial charge in [-0.25, -0.2) is 8.42 Å². The van der Waals surface area contributed by atoms with Gasteiger partial charge in [-0.05, 0) is 60.4 Å². The molecule has 0 aliphatic carbocycles. The van der Waals surface area contributed by atoms with Gasteiger partial charge in [0.1, 0.15) is 0 Å².